The molecule has 102 valence electrons. The average molecular weight is 301 g/mol. The lowest BCUT2D eigenvalue weighted by molar-refractivity contribution is 0.0698. The van der Waals surface area contributed by atoms with Crippen LogP contribution in [0, 0.1) is 0 Å². The van der Waals surface area contributed by atoms with Crippen molar-refractivity contribution in [3.05, 3.63) is 28.1 Å². The summed E-state index contributed by atoms with van der Waals surface area (Å²) in [6.07, 6.45) is 0.688. The summed E-state index contributed by atoms with van der Waals surface area (Å²) in [5.41, 5.74) is 0.779. The first-order valence-corrected chi connectivity index (χ1v) is 7.68. The van der Waals surface area contributed by atoms with Gasteiger partial charge in [-0.05, 0) is 17.9 Å². The number of hydrogen-bond acceptors (Lipinski definition) is 5. The number of sulfonamides is 1. The molecule has 0 spiro atoms. The summed E-state index contributed by atoms with van der Waals surface area (Å²) in [4.78, 5) is 10.4. The number of carboxylic acid groups (broad SMARTS) is 1. The Morgan fingerprint density at radius 3 is 2.89 bits per heavy atom. The number of carboxylic acids is 1. The number of aromatic nitrogens is 2. The van der Waals surface area contributed by atoms with Crippen LogP contribution in [0.15, 0.2) is 22.4 Å². The van der Waals surface area contributed by atoms with Gasteiger partial charge in [0, 0.05) is 11.8 Å². The summed E-state index contributed by atoms with van der Waals surface area (Å²) in [6, 6.07) is 2.81. The van der Waals surface area contributed by atoms with E-state index in [0.717, 1.165) is 17.0 Å². The summed E-state index contributed by atoms with van der Waals surface area (Å²) in [5.74, 6) is -1.13. The molecule has 0 saturated heterocycles. The fraction of sp³-hybridized carbons (Fsp3) is 0.200. The Bertz CT molecular complexity index is 702. The maximum atomic E-state index is 12.1. The molecule has 7 nitrogen and oxygen atoms in total. The normalized spacial score (nSPS) is 11.4. The molecule has 0 fully saturated rings. The van der Waals surface area contributed by atoms with Gasteiger partial charge in [-0.2, -0.15) is 5.10 Å². The second-order valence-corrected chi connectivity index (χ2v) is 6.22. The van der Waals surface area contributed by atoms with Gasteiger partial charge in [0.05, 0.1) is 0 Å². The van der Waals surface area contributed by atoms with E-state index in [1.165, 1.54) is 11.4 Å². The summed E-state index contributed by atoms with van der Waals surface area (Å²) in [7, 11) is -3.94. The number of nitrogens with zero attached hydrogens (tertiary/aromatic N) is 1. The maximum Gasteiger partial charge on any atom is 0.347 e. The summed E-state index contributed by atoms with van der Waals surface area (Å²) in [6.45, 7) is 1.90. The van der Waals surface area contributed by atoms with E-state index in [9.17, 15) is 13.2 Å². The van der Waals surface area contributed by atoms with Crippen LogP contribution in [0.4, 0.5) is 5.82 Å². The molecule has 9 heteroatoms. The van der Waals surface area contributed by atoms with E-state index >= 15 is 0 Å². The lowest BCUT2D eigenvalue weighted by atomic mass is 10.3. The average Bonchev–Trinajstić information content (AvgIpc) is 2.95. The molecule has 0 aliphatic rings. The van der Waals surface area contributed by atoms with Gasteiger partial charge in [0.1, 0.15) is 9.77 Å². The van der Waals surface area contributed by atoms with Crippen LogP contribution < -0.4 is 4.72 Å². The number of aromatic amines is 1. The van der Waals surface area contributed by atoms with E-state index in [0.29, 0.717) is 6.42 Å². The molecule has 3 N–H and O–H groups in total. The van der Waals surface area contributed by atoms with E-state index in [-0.39, 0.29) is 15.6 Å². The van der Waals surface area contributed by atoms with Crippen molar-refractivity contribution in [3.63, 3.8) is 0 Å². The van der Waals surface area contributed by atoms with Gasteiger partial charge in [-0.25, -0.2) is 13.2 Å². The van der Waals surface area contributed by atoms with Crippen LogP contribution in [0.1, 0.15) is 22.3 Å². The number of aryl methyl sites for hydroxylation is 1. The molecule has 0 bridgehead atoms. The predicted molar refractivity (Wildman–Crippen MR) is 70.1 cm³/mol. The van der Waals surface area contributed by atoms with Crippen LogP contribution in [-0.2, 0) is 16.4 Å². The van der Waals surface area contributed by atoms with Crippen LogP contribution in [0.2, 0.25) is 0 Å². The van der Waals surface area contributed by atoms with Crippen molar-refractivity contribution in [3.8, 4) is 0 Å². The zero-order valence-corrected chi connectivity index (χ0v) is 11.5. The van der Waals surface area contributed by atoms with Crippen LogP contribution in [0.25, 0.3) is 0 Å². The van der Waals surface area contributed by atoms with Crippen LogP contribution in [0.5, 0.6) is 0 Å². The third kappa shape index (κ3) is 2.76. The van der Waals surface area contributed by atoms with Crippen molar-refractivity contribution in [2.75, 3.05) is 4.72 Å². The second-order valence-electron chi connectivity index (χ2n) is 3.66. The Hall–Kier alpha value is -1.87. The first-order valence-electron chi connectivity index (χ1n) is 5.32. The van der Waals surface area contributed by atoms with Gasteiger partial charge in [-0.1, -0.05) is 6.92 Å². The zero-order chi connectivity index (χ0) is 14.0. The highest BCUT2D eigenvalue weighted by Crippen LogP contribution is 2.24. The molecule has 0 aliphatic heterocycles. The van der Waals surface area contributed by atoms with Gasteiger partial charge in [-0.15, -0.1) is 11.3 Å². The summed E-state index contributed by atoms with van der Waals surface area (Å²) in [5, 5.41) is 16.8. The molecule has 0 atom stereocenters. The predicted octanol–water partition coefficient (Wildman–Crippen LogP) is 1.53. The Balaban J connectivity index is 2.32. The fourth-order valence-electron chi connectivity index (χ4n) is 1.45. The quantitative estimate of drug-likeness (QED) is 0.775. The van der Waals surface area contributed by atoms with Crippen LogP contribution >= 0.6 is 11.3 Å². The third-order valence-electron chi connectivity index (χ3n) is 2.36. The molecule has 2 rings (SSSR count). The maximum absolute atomic E-state index is 12.1. The van der Waals surface area contributed by atoms with Gasteiger partial charge >= 0.3 is 5.97 Å². The number of anilines is 1. The minimum absolute atomic E-state index is 0.138. The Morgan fingerprint density at radius 2 is 2.32 bits per heavy atom. The molecular formula is C10H11N3O4S2. The van der Waals surface area contributed by atoms with Gasteiger partial charge in [-0.3, -0.25) is 9.82 Å². The standard InChI is InChI=1S/C10H11N3O4S2/c1-2-6-5-8(12-11-6)13-19(16,17)7-3-4-18-9(7)10(14)15/h3-5H,2H2,1H3,(H,14,15)(H2,11,12,13). The minimum Gasteiger partial charge on any atom is -0.477 e. The molecule has 2 heterocycles. The number of H-pyrrole nitrogens is 1. The lowest BCUT2D eigenvalue weighted by Gasteiger charge is -2.04. The van der Waals surface area contributed by atoms with Crippen molar-refractivity contribution in [1.82, 2.24) is 10.2 Å². The first-order chi connectivity index (χ1) is 8.94. The lowest BCUT2D eigenvalue weighted by Crippen LogP contribution is -2.15. The molecule has 2 aromatic rings. The molecule has 0 unspecified atom stereocenters. The topological polar surface area (TPSA) is 112 Å². The number of thiophene rings is 1. The van der Waals surface area contributed by atoms with Crippen molar-refractivity contribution in [1.29, 1.82) is 0 Å². The van der Waals surface area contributed by atoms with Crippen molar-refractivity contribution in [2.45, 2.75) is 18.2 Å². The Labute approximate surface area is 113 Å². The Kier molecular flexibility index (Phi) is 3.58. The van der Waals surface area contributed by atoms with E-state index in [1.54, 1.807) is 6.07 Å². The van der Waals surface area contributed by atoms with Crippen molar-refractivity contribution >= 4 is 33.1 Å². The molecule has 0 aromatic carbocycles. The zero-order valence-electron chi connectivity index (χ0n) is 9.87. The SMILES string of the molecule is CCc1cc(NS(=O)(=O)c2ccsc2C(=O)O)n[nH]1. The smallest absolute Gasteiger partial charge is 0.347 e. The van der Waals surface area contributed by atoms with Crippen molar-refractivity contribution < 1.29 is 18.3 Å². The highest BCUT2D eigenvalue weighted by Gasteiger charge is 2.24. The molecule has 0 radical (unpaired) electrons. The fourth-order valence-corrected chi connectivity index (χ4v) is 3.71. The number of carbonyl (C=O) groups is 1. The van der Waals surface area contributed by atoms with Gasteiger partial charge in [0.2, 0.25) is 0 Å². The molecule has 0 aliphatic carbocycles. The Morgan fingerprint density at radius 1 is 1.58 bits per heavy atom. The first kappa shape index (κ1) is 13.6. The highest BCUT2D eigenvalue weighted by atomic mass is 32.2. The largest absolute Gasteiger partial charge is 0.477 e. The van der Waals surface area contributed by atoms with Crippen molar-refractivity contribution in [2.24, 2.45) is 0 Å². The molecule has 2 aromatic heterocycles. The molecular weight excluding hydrogens is 290 g/mol. The van der Waals surface area contributed by atoms with E-state index < -0.39 is 16.0 Å². The minimum atomic E-state index is -3.94. The van der Waals surface area contributed by atoms with E-state index in [1.807, 2.05) is 6.92 Å². The molecule has 19 heavy (non-hydrogen) atoms. The monoisotopic (exact) mass is 301 g/mol. The van der Waals surface area contributed by atoms with Crippen LogP contribution in [0.3, 0.4) is 0 Å². The van der Waals surface area contributed by atoms with Gasteiger partial charge in [0.25, 0.3) is 10.0 Å². The second kappa shape index (κ2) is 5.02. The van der Waals surface area contributed by atoms with Gasteiger partial charge < -0.3 is 5.11 Å². The van der Waals surface area contributed by atoms with E-state index in [2.05, 4.69) is 14.9 Å². The number of hydrogen-bond donors (Lipinski definition) is 3. The van der Waals surface area contributed by atoms with E-state index in [4.69, 9.17) is 5.11 Å². The summed E-state index contributed by atoms with van der Waals surface area (Å²) >= 11 is 0.858. The number of rotatable bonds is 5. The van der Waals surface area contributed by atoms with Crippen LogP contribution in [-0.4, -0.2) is 29.7 Å². The molecule has 0 amide bonds. The number of aromatic carboxylic acids is 1. The highest BCUT2D eigenvalue weighted by molar-refractivity contribution is 7.93. The third-order valence-corrected chi connectivity index (χ3v) is 4.79. The number of nitrogens with one attached hydrogen (secondary N) is 2. The summed E-state index contributed by atoms with van der Waals surface area (Å²) < 4.78 is 26.4. The molecule has 0 saturated carbocycles. The van der Waals surface area contributed by atoms with Gasteiger partial charge in [0.15, 0.2) is 5.82 Å².